The van der Waals surface area contributed by atoms with Crippen LogP contribution in [0.2, 0.25) is 0 Å². The van der Waals surface area contributed by atoms with E-state index in [1.165, 1.54) is 24.3 Å². The zero-order valence-electron chi connectivity index (χ0n) is 10.0. The number of ether oxygens (including phenoxy) is 1. The van der Waals surface area contributed by atoms with Gasteiger partial charge in [0.1, 0.15) is 5.82 Å². The Morgan fingerprint density at radius 2 is 1.94 bits per heavy atom. The third-order valence-electron chi connectivity index (χ3n) is 2.62. The van der Waals surface area contributed by atoms with Crippen molar-refractivity contribution in [3.8, 4) is 0 Å². The van der Waals surface area contributed by atoms with Crippen molar-refractivity contribution in [3.05, 3.63) is 35.6 Å². The van der Waals surface area contributed by atoms with Gasteiger partial charge in [-0.15, -0.1) is 0 Å². The lowest BCUT2D eigenvalue weighted by atomic mass is 9.93. The summed E-state index contributed by atoms with van der Waals surface area (Å²) in [4.78, 5) is 11.6. The Balaban J connectivity index is 2.81. The first-order valence-corrected chi connectivity index (χ1v) is 5.70. The van der Waals surface area contributed by atoms with Crippen molar-refractivity contribution < 1.29 is 19.0 Å². The molecule has 0 spiro atoms. The highest BCUT2D eigenvalue weighted by atomic mass is 19.1. The first-order valence-electron chi connectivity index (χ1n) is 5.70. The van der Waals surface area contributed by atoms with Crippen molar-refractivity contribution in [2.45, 2.75) is 26.4 Å². The predicted molar refractivity (Wildman–Crippen MR) is 61.8 cm³/mol. The van der Waals surface area contributed by atoms with Crippen LogP contribution in [0.4, 0.5) is 4.39 Å². The smallest absolute Gasteiger partial charge is 0.311 e. The molecule has 1 rings (SSSR count). The molecule has 2 atom stereocenters. The number of carbonyl (C=O) groups is 1. The van der Waals surface area contributed by atoms with Crippen molar-refractivity contribution in [1.82, 2.24) is 0 Å². The Morgan fingerprint density at radius 1 is 1.35 bits per heavy atom. The van der Waals surface area contributed by atoms with E-state index in [1.54, 1.807) is 13.8 Å². The summed E-state index contributed by atoms with van der Waals surface area (Å²) in [6, 6.07) is 5.47. The van der Waals surface area contributed by atoms with Gasteiger partial charge in [-0.25, -0.2) is 4.39 Å². The maximum atomic E-state index is 12.7. The Morgan fingerprint density at radius 3 is 2.41 bits per heavy atom. The normalized spacial score (nSPS) is 14.1. The van der Waals surface area contributed by atoms with E-state index in [-0.39, 0.29) is 12.4 Å². The van der Waals surface area contributed by atoms with Crippen LogP contribution in [0.15, 0.2) is 24.3 Å². The molecular formula is C13H17FO3. The van der Waals surface area contributed by atoms with Gasteiger partial charge in [-0.1, -0.05) is 19.1 Å². The van der Waals surface area contributed by atoms with Crippen molar-refractivity contribution in [2.75, 3.05) is 6.61 Å². The molecule has 0 fully saturated rings. The van der Waals surface area contributed by atoms with Crippen molar-refractivity contribution in [1.29, 1.82) is 0 Å². The molecule has 0 saturated carbocycles. The summed E-state index contributed by atoms with van der Waals surface area (Å²) in [5, 5.41) is 10.0. The molecule has 1 aromatic carbocycles. The Labute approximate surface area is 100 Å². The number of halogens is 1. The molecule has 1 N–H and O–H groups in total. The SMILES string of the molecule is CCOC(=O)C(CC)C(O)c1ccc(F)cc1. The first kappa shape index (κ1) is 13.6. The van der Waals surface area contributed by atoms with Crippen LogP contribution in [0.1, 0.15) is 31.9 Å². The number of carbonyl (C=O) groups excluding carboxylic acids is 1. The topological polar surface area (TPSA) is 46.5 Å². The molecule has 0 heterocycles. The van der Waals surface area contributed by atoms with E-state index in [0.717, 1.165) is 0 Å². The minimum Gasteiger partial charge on any atom is -0.466 e. The third kappa shape index (κ3) is 3.53. The molecule has 2 unspecified atom stereocenters. The van der Waals surface area contributed by atoms with Gasteiger partial charge in [0.05, 0.1) is 18.6 Å². The summed E-state index contributed by atoms with van der Waals surface area (Å²) in [6.07, 6.45) is -0.489. The molecule has 3 nitrogen and oxygen atoms in total. The predicted octanol–water partition coefficient (Wildman–Crippen LogP) is 2.45. The lowest BCUT2D eigenvalue weighted by Crippen LogP contribution is -2.24. The van der Waals surface area contributed by atoms with Gasteiger partial charge in [0, 0.05) is 0 Å². The third-order valence-corrected chi connectivity index (χ3v) is 2.62. The Hall–Kier alpha value is -1.42. The fourth-order valence-electron chi connectivity index (χ4n) is 1.66. The quantitative estimate of drug-likeness (QED) is 0.804. The molecular weight excluding hydrogens is 223 g/mol. The maximum Gasteiger partial charge on any atom is 0.311 e. The highest BCUT2D eigenvalue weighted by molar-refractivity contribution is 5.73. The lowest BCUT2D eigenvalue weighted by molar-refractivity contribution is -0.152. The Kier molecular flexibility index (Phi) is 5.10. The standard InChI is InChI=1S/C13H17FO3/c1-3-11(13(16)17-4-2)12(15)9-5-7-10(14)8-6-9/h5-8,11-12,15H,3-4H2,1-2H3. The second kappa shape index (κ2) is 6.35. The van der Waals surface area contributed by atoms with Gasteiger partial charge in [-0.05, 0) is 31.0 Å². The molecule has 0 saturated heterocycles. The molecule has 0 aliphatic carbocycles. The minimum absolute atomic E-state index is 0.283. The zero-order chi connectivity index (χ0) is 12.8. The summed E-state index contributed by atoms with van der Waals surface area (Å²) in [5.74, 6) is -1.41. The number of hydrogen-bond acceptors (Lipinski definition) is 3. The van der Waals surface area contributed by atoms with E-state index >= 15 is 0 Å². The van der Waals surface area contributed by atoms with Gasteiger partial charge < -0.3 is 9.84 Å². The number of esters is 1. The van der Waals surface area contributed by atoms with Crippen LogP contribution in [0, 0.1) is 11.7 Å². The van der Waals surface area contributed by atoms with E-state index in [0.29, 0.717) is 12.0 Å². The highest BCUT2D eigenvalue weighted by Gasteiger charge is 2.27. The molecule has 0 radical (unpaired) electrons. The van der Waals surface area contributed by atoms with Gasteiger partial charge in [0.25, 0.3) is 0 Å². The van der Waals surface area contributed by atoms with Crippen LogP contribution in [-0.2, 0) is 9.53 Å². The van der Waals surface area contributed by atoms with Crippen LogP contribution < -0.4 is 0 Å². The molecule has 94 valence electrons. The molecule has 1 aromatic rings. The zero-order valence-corrected chi connectivity index (χ0v) is 10.0. The molecule has 0 amide bonds. The minimum atomic E-state index is -0.959. The van der Waals surface area contributed by atoms with Crippen LogP contribution in [0.25, 0.3) is 0 Å². The van der Waals surface area contributed by atoms with Gasteiger partial charge in [-0.2, -0.15) is 0 Å². The van der Waals surface area contributed by atoms with Crippen LogP contribution in [0.3, 0.4) is 0 Å². The van der Waals surface area contributed by atoms with Crippen molar-refractivity contribution in [3.63, 3.8) is 0 Å². The van der Waals surface area contributed by atoms with Crippen molar-refractivity contribution in [2.24, 2.45) is 5.92 Å². The second-order valence-electron chi connectivity index (χ2n) is 3.76. The number of rotatable bonds is 5. The fourth-order valence-corrected chi connectivity index (χ4v) is 1.66. The van der Waals surface area contributed by atoms with Crippen LogP contribution in [-0.4, -0.2) is 17.7 Å². The number of aliphatic hydroxyl groups excluding tert-OH is 1. The van der Waals surface area contributed by atoms with Crippen LogP contribution in [0.5, 0.6) is 0 Å². The van der Waals surface area contributed by atoms with Gasteiger partial charge in [0.2, 0.25) is 0 Å². The van der Waals surface area contributed by atoms with E-state index < -0.39 is 18.0 Å². The van der Waals surface area contributed by atoms with Gasteiger partial charge >= 0.3 is 5.97 Å². The summed E-state index contributed by atoms with van der Waals surface area (Å²) >= 11 is 0. The van der Waals surface area contributed by atoms with Crippen LogP contribution >= 0.6 is 0 Å². The second-order valence-corrected chi connectivity index (χ2v) is 3.76. The average Bonchev–Trinajstić information content (AvgIpc) is 2.31. The number of hydrogen-bond donors (Lipinski definition) is 1. The van der Waals surface area contributed by atoms with Crippen molar-refractivity contribution >= 4 is 5.97 Å². The molecule has 17 heavy (non-hydrogen) atoms. The summed E-state index contributed by atoms with van der Waals surface area (Å²) < 4.78 is 17.6. The van der Waals surface area contributed by atoms with Gasteiger partial charge in [0.15, 0.2) is 0 Å². The largest absolute Gasteiger partial charge is 0.466 e. The average molecular weight is 240 g/mol. The first-order chi connectivity index (χ1) is 8.10. The molecule has 0 aromatic heterocycles. The van der Waals surface area contributed by atoms with E-state index in [2.05, 4.69) is 0 Å². The number of benzene rings is 1. The molecule has 0 bridgehead atoms. The number of aliphatic hydroxyl groups is 1. The van der Waals surface area contributed by atoms with E-state index in [1.807, 2.05) is 0 Å². The lowest BCUT2D eigenvalue weighted by Gasteiger charge is -2.20. The monoisotopic (exact) mass is 240 g/mol. The molecule has 0 aliphatic rings. The highest BCUT2D eigenvalue weighted by Crippen LogP contribution is 2.25. The Bertz CT molecular complexity index is 361. The summed E-state index contributed by atoms with van der Waals surface area (Å²) in [7, 11) is 0. The molecule has 0 aliphatic heterocycles. The molecule has 4 heteroatoms. The summed E-state index contributed by atoms with van der Waals surface area (Å²) in [5.41, 5.74) is 0.520. The maximum absolute atomic E-state index is 12.7. The van der Waals surface area contributed by atoms with E-state index in [4.69, 9.17) is 4.74 Å². The van der Waals surface area contributed by atoms with Gasteiger partial charge in [-0.3, -0.25) is 4.79 Å². The van der Waals surface area contributed by atoms with E-state index in [9.17, 15) is 14.3 Å². The fraction of sp³-hybridized carbons (Fsp3) is 0.462. The summed E-state index contributed by atoms with van der Waals surface area (Å²) in [6.45, 7) is 3.80.